The number of nitrogens with one attached hydrogen (secondary N) is 1. The fourth-order valence-electron chi connectivity index (χ4n) is 1.35. The monoisotopic (exact) mass is 221 g/mol. The second-order valence-electron chi connectivity index (χ2n) is 3.66. The minimum absolute atomic E-state index is 0.0170. The molecule has 84 valence electrons. The van der Waals surface area contributed by atoms with Crippen molar-refractivity contribution in [2.75, 3.05) is 0 Å². The lowest BCUT2D eigenvalue weighted by Crippen LogP contribution is -2.44. The molecule has 0 unspecified atom stereocenters. The average molecular weight is 221 g/mol. The lowest BCUT2D eigenvalue weighted by atomic mass is 10.2. The average Bonchev–Trinajstić information content (AvgIpc) is 2.82. The van der Waals surface area contributed by atoms with Crippen molar-refractivity contribution < 1.29 is 17.7 Å². The summed E-state index contributed by atoms with van der Waals surface area (Å²) in [5.41, 5.74) is -1.72. The molecule has 4 nitrogen and oxygen atoms in total. The number of hydrogen-bond acceptors (Lipinski definition) is 4. The van der Waals surface area contributed by atoms with E-state index in [4.69, 9.17) is 0 Å². The van der Waals surface area contributed by atoms with Gasteiger partial charge in [0.15, 0.2) is 5.82 Å². The lowest BCUT2D eigenvalue weighted by molar-refractivity contribution is -0.166. The smallest absolute Gasteiger partial charge is 0.340 e. The zero-order chi connectivity index (χ0) is 11.1. The molecule has 1 fully saturated rings. The van der Waals surface area contributed by atoms with E-state index in [-0.39, 0.29) is 25.2 Å². The predicted octanol–water partition coefficient (Wildman–Crippen LogP) is 1.56. The van der Waals surface area contributed by atoms with Gasteiger partial charge in [0, 0.05) is 6.92 Å². The summed E-state index contributed by atoms with van der Waals surface area (Å²) in [5, 5.41) is 5.94. The number of hydrogen-bond donors (Lipinski definition) is 1. The van der Waals surface area contributed by atoms with Gasteiger partial charge in [-0.15, -0.1) is 0 Å². The van der Waals surface area contributed by atoms with Crippen molar-refractivity contribution in [3.05, 3.63) is 11.7 Å². The third kappa shape index (κ3) is 1.97. The molecule has 2 rings (SSSR count). The quantitative estimate of drug-likeness (QED) is 0.841. The predicted molar refractivity (Wildman–Crippen MR) is 43.9 cm³/mol. The molecule has 1 aliphatic carbocycles. The van der Waals surface area contributed by atoms with Crippen LogP contribution in [-0.2, 0) is 6.54 Å². The first-order valence-electron chi connectivity index (χ1n) is 4.54. The Morgan fingerprint density at radius 2 is 2.13 bits per heavy atom. The van der Waals surface area contributed by atoms with E-state index in [9.17, 15) is 13.2 Å². The normalized spacial score (nSPS) is 19.2. The van der Waals surface area contributed by atoms with E-state index in [0.29, 0.717) is 5.89 Å². The Morgan fingerprint density at radius 3 is 2.53 bits per heavy atom. The van der Waals surface area contributed by atoms with Gasteiger partial charge in [-0.05, 0) is 12.8 Å². The summed E-state index contributed by atoms with van der Waals surface area (Å²) in [6.45, 7) is 1.57. The Labute approximate surface area is 83.8 Å². The van der Waals surface area contributed by atoms with Crippen molar-refractivity contribution in [1.29, 1.82) is 0 Å². The molecule has 1 aromatic heterocycles. The second kappa shape index (κ2) is 3.19. The van der Waals surface area contributed by atoms with Crippen molar-refractivity contribution in [2.24, 2.45) is 0 Å². The summed E-state index contributed by atoms with van der Waals surface area (Å²) in [6.07, 6.45) is -3.97. The first-order valence-corrected chi connectivity index (χ1v) is 4.54. The number of aromatic nitrogens is 2. The fraction of sp³-hybridized carbons (Fsp3) is 0.750. The van der Waals surface area contributed by atoms with Gasteiger partial charge >= 0.3 is 6.18 Å². The van der Waals surface area contributed by atoms with Crippen molar-refractivity contribution in [3.63, 3.8) is 0 Å². The van der Waals surface area contributed by atoms with Crippen molar-refractivity contribution in [3.8, 4) is 0 Å². The van der Waals surface area contributed by atoms with Crippen LogP contribution in [0.5, 0.6) is 0 Å². The summed E-state index contributed by atoms with van der Waals surface area (Å²) < 4.78 is 42.1. The summed E-state index contributed by atoms with van der Waals surface area (Å²) >= 11 is 0. The van der Waals surface area contributed by atoms with E-state index in [1.807, 2.05) is 0 Å². The first kappa shape index (κ1) is 10.4. The maximum atomic E-state index is 12.5. The van der Waals surface area contributed by atoms with Crippen LogP contribution in [0.15, 0.2) is 4.52 Å². The molecule has 1 aliphatic rings. The minimum Gasteiger partial charge on any atom is -0.340 e. The zero-order valence-corrected chi connectivity index (χ0v) is 8.06. The maximum Gasteiger partial charge on any atom is 0.406 e. The Morgan fingerprint density at radius 1 is 1.47 bits per heavy atom. The molecular weight excluding hydrogens is 211 g/mol. The summed E-state index contributed by atoms with van der Waals surface area (Å²) in [5.74, 6) is 0.603. The molecule has 7 heteroatoms. The standard InChI is InChI=1S/C8H10F3N3O/c1-5-13-6(14-15-5)4-12-7(2-3-7)8(9,10)11/h12H,2-4H2,1H3. The minimum atomic E-state index is -4.20. The number of nitrogens with zero attached hydrogens (tertiary/aromatic N) is 2. The SMILES string of the molecule is Cc1nc(CNC2(C(F)(F)F)CC2)no1. The van der Waals surface area contributed by atoms with Gasteiger partial charge in [0.1, 0.15) is 5.54 Å². The summed E-state index contributed by atoms with van der Waals surface area (Å²) in [4.78, 5) is 3.82. The van der Waals surface area contributed by atoms with Crippen LogP contribution >= 0.6 is 0 Å². The molecule has 0 atom stereocenters. The highest BCUT2D eigenvalue weighted by Crippen LogP contribution is 2.48. The third-order valence-electron chi connectivity index (χ3n) is 2.45. The van der Waals surface area contributed by atoms with E-state index in [0.717, 1.165) is 0 Å². The van der Waals surface area contributed by atoms with Crippen molar-refractivity contribution in [1.82, 2.24) is 15.5 Å². The Balaban J connectivity index is 1.94. The van der Waals surface area contributed by atoms with Crippen LogP contribution in [0.2, 0.25) is 0 Å². The highest BCUT2D eigenvalue weighted by Gasteiger charge is 2.63. The molecule has 0 saturated heterocycles. The molecule has 0 spiro atoms. The van der Waals surface area contributed by atoms with Gasteiger partial charge in [0.25, 0.3) is 0 Å². The van der Waals surface area contributed by atoms with Crippen LogP contribution < -0.4 is 5.32 Å². The van der Waals surface area contributed by atoms with Gasteiger partial charge in [0.05, 0.1) is 6.54 Å². The Bertz CT molecular complexity index is 356. The number of alkyl halides is 3. The molecule has 1 saturated carbocycles. The topological polar surface area (TPSA) is 51.0 Å². The van der Waals surface area contributed by atoms with Crippen LogP contribution in [-0.4, -0.2) is 21.9 Å². The van der Waals surface area contributed by atoms with E-state index in [1.54, 1.807) is 6.92 Å². The fourth-order valence-corrected chi connectivity index (χ4v) is 1.35. The Hall–Kier alpha value is -1.11. The molecule has 0 amide bonds. The largest absolute Gasteiger partial charge is 0.406 e. The van der Waals surface area contributed by atoms with E-state index in [1.165, 1.54) is 0 Å². The number of aryl methyl sites for hydroxylation is 1. The van der Waals surface area contributed by atoms with Crippen LogP contribution in [0.3, 0.4) is 0 Å². The number of halogens is 3. The highest BCUT2D eigenvalue weighted by atomic mass is 19.4. The van der Waals surface area contributed by atoms with Gasteiger partial charge < -0.3 is 4.52 Å². The van der Waals surface area contributed by atoms with Crippen LogP contribution in [0.4, 0.5) is 13.2 Å². The van der Waals surface area contributed by atoms with Gasteiger partial charge in [0.2, 0.25) is 5.89 Å². The van der Waals surface area contributed by atoms with Gasteiger partial charge in [-0.1, -0.05) is 5.16 Å². The van der Waals surface area contributed by atoms with Crippen molar-refractivity contribution >= 4 is 0 Å². The number of rotatable bonds is 3. The van der Waals surface area contributed by atoms with E-state index in [2.05, 4.69) is 20.0 Å². The highest BCUT2D eigenvalue weighted by molar-refractivity contribution is 5.08. The van der Waals surface area contributed by atoms with Crippen LogP contribution in [0, 0.1) is 6.92 Å². The molecule has 1 aromatic rings. The summed E-state index contributed by atoms with van der Waals surface area (Å²) in [6, 6.07) is 0. The summed E-state index contributed by atoms with van der Waals surface area (Å²) in [7, 11) is 0. The maximum absolute atomic E-state index is 12.5. The van der Waals surface area contributed by atoms with Gasteiger partial charge in [-0.2, -0.15) is 18.2 Å². The molecule has 0 radical (unpaired) electrons. The molecule has 15 heavy (non-hydrogen) atoms. The van der Waals surface area contributed by atoms with Crippen molar-refractivity contribution in [2.45, 2.75) is 38.0 Å². The molecular formula is C8H10F3N3O. The second-order valence-corrected chi connectivity index (χ2v) is 3.66. The van der Waals surface area contributed by atoms with E-state index >= 15 is 0 Å². The van der Waals surface area contributed by atoms with E-state index < -0.39 is 11.7 Å². The molecule has 0 aliphatic heterocycles. The zero-order valence-electron chi connectivity index (χ0n) is 8.06. The molecule has 1 heterocycles. The molecule has 0 bridgehead atoms. The van der Waals surface area contributed by atoms with Gasteiger partial charge in [-0.3, -0.25) is 5.32 Å². The molecule has 0 aromatic carbocycles. The lowest BCUT2D eigenvalue weighted by Gasteiger charge is -2.19. The Kier molecular flexibility index (Phi) is 2.22. The van der Waals surface area contributed by atoms with Crippen LogP contribution in [0.25, 0.3) is 0 Å². The molecule has 1 N–H and O–H groups in total. The van der Waals surface area contributed by atoms with Gasteiger partial charge in [-0.25, -0.2) is 0 Å². The first-order chi connectivity index (χ1) is 6.93. The van der Waals surface area contributed by atoms with Crippen LogP contribution in [0.1, 0.15) is 24.6 Å². The third-order valence-corrected chi connectivity index (χ3v) is 2.45.